The van der Waals surface area contributed by atoms with Gasteiger partial charge in [-0.05, 0) is 41.7 Å². The smallest absolute Gasteiger partial charge is 0.345 e. The van der Waals surface area contributed by atoms with Gasteiger partial charge < -0.3 is 10.6 Å². The molecular weight excluding hydrogens is 451 g/mol. The first-order valence-electron chi connectivity index (χ1n) is 8.40. The van der Waals surface area contributed by atoms with Gasteiger partial charge in [-0.3, -0.25) is 9.56 Å². The van der Waals surface area contributed by atoms with Crippen LogP contribution < -0.4 is 16.3 Å². The van der Waals surface area contributed by atoms with E-state index in [2.05, 4.69) is 37.6 Å². The van der Waals surface area contributed by atoms with Crippen LogP contribution in [0.1, 0.15) is 30.7 Å². The zero-order chi connectivity index (χ0) is 16.8. The fourth-order valence-corrected chi connectivity index (χ4v) is 3.50. The molecule has 2 aromatic rings. The Morgan fingerprint density at radius 3 is 3.00 bits per heavy atom. The number of guanidine groups is 1. The Bertz CT molecular complexity index is 736. The number of thiophene rings is 1. The molecule has 1 aliphatic rings. The van der Waals surface area contributed by atoms with Crippen molar-refractivity contribution in [1.29, 1.82) is 0 Å². The van der Waals surface area contributed by atoms with Crippen molar-refractivity contribution in [3.63, 3.8) is 0 Å². The number of halogens is 1. The van der Waals surface area contributed by atoms with Crippen LogP contribution in [0.25, 0.3) is 0 Å². The summed E-state index contributed by atoms with van der Waals surface area (Å²) in [5.74, 6) is 1.71. The number of fused-ring (bicyclic) bond motifs is 1. The summed E-state index contributed by atoms with van der Waals surface area (Å²) in [4.78, 5) is 16.5. The molecule has 1 aliphatic heterocycles. The van der Waals surface area contributed by atoms with Gasteiger partial charge in [0.15, 0.2) is 5.96 Å². The lowest BCUT2D eigenvalue weighted by atomic mass is 10.2. The van der Waals surface area contributed by atoms with Crippen LogP contribution in [-0.2, 0) is 26.1 Å². The van der Waals surface area contributed by atoms with Crippen molar-refractivity contribution >= 4 is 41.3 Å². The molecule has 3 rings (SSSR count). The van der Waals surface area contributed by atoms with Crippen LogP contribution >= 0.6 is 35.3 Å². The van der Waals surface area contributed by atoms with Crippen LogP contribution in [0.4, 0.5) is 0 Å². The Labute approximate surface area is 168 Å². The monoisotopic (exact) mass is 476 g/mol. The Balaban J connectivity index is 0.00000225. The van der Waals surface area contributed by atoms with Gasteiger partial charge in [-0.1, -0.05) is 0 Å². The van der Waals surface area contributed by atoms with Gasteiger partial charge in [-0.2, -0.15) is 16.4 Å². The van der Waals surface area contributed by atoms with E-state index < -0.39 is 0 Å². The standard InChI is InChI=1S/C16H24N6OS.HI/c1-17-15(19-11-13-6-10-24-12-13)18-7-4-9-22-16(23)21-8-3-2-5-14(21)20-22;/h6,10,12H,2-5,7-9,11H2,1H3,(H2,17,18,19);1H. The van der Waals surface area contributed by atoms with E-state index in [9.17, 15) is 4.79 Å². The summed E-state index contributed by atoms with van der Waals surface area (Å²) < 4.78 is 3.42. The van der Waals surface area contributed by atoms with E-state index in [1.165, 1.54) is 5.56 Å². The second-order valence-corrected chi connectivity index (χ2v) is 6.65. The number of rotatable bonds is 6. The summed E-state index contributed by atoms with van der Waals surface area (Å²) in [5, 5.41) is 15.2. The van der Waals surface area contributed by atoms with Crippen LogP contribution in [0.5, 0.6) is 0 Å². The van der Waals surface area contributed by atoms with Gasteiger partial charge in [0.05, 0.1) is 0 Å². The Morgan fingerprint density at radius 1 is 1.40 bits per heavy atom. The van der Waals surface area contributed by atoms with Crippen molar-refractivity contribution in [2.24, 2.45) is 4.99 Å². The fraction of sp³-hybridized carbons (Fsp3) is 0.562. The maximum Gasteiger partial charge on any atom is 0.345 e. The van der Waals surface area contributed by atoms with Crippen molar-refractivity contribution in [1.82, 2.24) is 25.0 Å². The Hall–Kier alpha value is -1.36. The van der Waals surface area contributed by atoms with E-state index in [1.807, 2.05) is 4.57 Å². The molecule has 0 aliphatic carbocycles. The average Bonchev–Trinajstić information content (AvgIpc) is 3.23. The lowest BCUT2D eigenvalue weighted by Crippen LogP contribution is -2.37. The molecule has 2 aromatic heterocycles. The molecule has 0 atom stereocenters. The second-order valence-electron chi connectivity index (χ2n) is 5.87. The first-order chi connectivity index (χ1) is 11.8. The zero-order valence-electron chi connectivity index (χ0n) is 14.4. The lowest BCUT2D eigenvalue weighted by Gasteiger charge is -2.11. The number of nitrogens with zero attached hydrogens (tertiary/aromatic N) is 4. The van der Waals surface area contributed by atoms with E-state index in [4.69, 9.17) is 0 Å². The first-order valence-corrected chi connectivity index (χ1v) is 9.34. The summed E-state index contributed by atoms with van der Waals surface area (Å²) >= 11 is 1.69. The minimum absolute atomic E-state index is 0. The van der Waals surface area contributed by atoms with Crippen molar-refractivity contribution in [2.45, 2.75) is 45.3 Å². The van der Waals surface area contributed by atoms with Crippen molar-refractivity contribution < 1.29 is 0 Å². The Kier molecular flexibility index (Phi) is 7.94. The highest BCUT2D eigenvalue weighted by molar-refractivity contribution is 14.0. The first kappa shape index (κ1) is 20.0. The SMILES string of the molecule is CN=C(NCCCn1nc2n(c1=O)CCCC2)NCc1ccsc1.I. The highest BCUT2D eigenvalue weighted by Gasteiger charge is 2.16. The molecule has 3 heterocycles. The second kappa shape index (κ2) is 9.95. The van der Waals surface area contributed by atoms with Crippen LogP contribution in [0, 0.1) is 0 Å². The van der Waals surface area contributed by atoms with Crippen LogP contribution in [0.2, 0.25) is 0 Å². The predicted molar refractivity (Wildman–Crippen MR) is 112 cm³/mol. The van der Waals surface area contributed by atoms with E-state index >= 15 is 0 Å². The van der Waals surface area contributed by atoms with E-state index in [1.54, 1.807) is 23.1 Å². The molecule has 0 amide bonds. The normalized spacial score (nSPS) is 13.9. The van der Waals surface area contributed by atoms with Crippen LogP contribution in [0.3, 0.4) is 0 Å². The van der Waals surface area contributed by atoms with Gasteiger partial charge in [0.1, 0.15) is 5.82 Å². The van der Waals surface area contributed by atoms with E-state index in [-0.39, 0.29) is 29.7 Å². The minimum Gasteiger partial charge on any atom is -0.356 e. The summed E-state index contributed by atoms with van der Waals surface area (Å²) in [7, 11) is 1.76. The van der Waals surface area contributed by atoms with Gasteiger partial charge in [-0.15, -0.1) is 24.0 Å². The molecule has 0 spiro atoms. The van der Waals surface area contributed by atoms with Gasteiger partial charge in [0.2, 0.25) is 0 Å². The molecule has 138 valence electrons. The third kappa shape index (κ3) is 5.30. The van der Waals surface area contributed by atoms with Crippen molar-refractivity contribution in [2.75, 3.05) is 13.6 Å². The highest BCUT2D eigenvalue weighted by atomic mass is 127. The fourth-order valence-electron chi connectivity index (χ4n) is 2.83. The van der Waals surface area contributed by atoms with Crippen molar-refractivity contribution in [3.8, 4) is 0 Å². The molecule has 0 aromatic carbocycles. The molecular formula is C16H25IN6OS. The van der Waals surface area contributed by atoms with Gasteiger partial charge in [0, 0.05) is 39.6 Å². The molecule has 0 radical (unpaired) electrons. The third-order valence-electron chi connectivity index (χ3n) is 4.13. The quantitative estimate of drug-likeness (QED) is 0.289. The largest absolute Gasteiger partial charge is 0.356 e. The number of hydrogen-bond acceptors (Lipinski definition) is 4. The summed E-state index contributed by atoms with van der Waals surface area (Å²) in [5.41, 5.74) is 1.28. The van der Waals surface area contributed by atoms with Crippen LogP contribution in [0.15, 0.2) is 26.6 Å². The van der Waals surface area contributed by atoms with E-state index in [0.717, 1.165) is 57.1 Å². The summed E-state index contributed by atoms with van der Waals surface area (Å²) in [6.45, 7) is 2.95. The predicted octanol–water partition coefficient (Wildman–Crippen LogP) is 1.82. The molecule has 0 saturated heterocycles. The summed E-state index contributed by atoms with van der Waals surface area (Å²) in [6.07, 6.45) is 3.95. The molecule has 7 nitrogen and oxygen atoms in total. The Morgan fingerprint density at radius 2 is 2.28 bits per heavy atom. The van der Waals surface area contributed by atoms with Crippen LogP contribution in [-0.4, -0.2) is 33.9 Å². The van der Waals surface area contributed by atoms with Crippen molar-refractivity contribution in [3.05, 3.63) is 38.7 Å². The maximum atomic E-state index is 12.2. The third-order valence-corrected chi connectivity index (χ3v) is 4.87. The number of aliphatic imine (C=N–C) groups is 1. The topological polar surface area (TPSA) is 76.2 Å². The number of hydrogen-bond donors (Lipinski definition) is 2. The van der Waals surface area contributed by atoms with Gasteiger partial charge in [-0.25, -0.2) is 9.48 Å². The number of aryl methyl sites for hydroxylation is 2. The minimum atomic E-state index is 0. The summed E-state index contributed by atoms with van der Waals surface area (Å²) in [6, 6.07) is 2.10. The molecule has 0 unspecified atom stereocenters. The number of aromatic nitrogens is 3. The van der Waals surface area contributed by atoms with Gasteiger partial charge in [0.25, 0.3) is 0 Å². The molecule has 9 heteroatoms. The molecule has 2 N–H and O–H groups in total. The zero-order valence-corrected chi connectivity index (χ0v) is 17.5. The molecule has 0 fully saturated rings. The molecule has 0 bridgehead atoms. The van der Waals surface area contributed by atoms with Gasteiger partial charge >= 0.3 is 5.69 Å². The molecule has 25 heavy (non-hydrogen) atoms. The number of nitrogens with one attached hydrogen (secondary N) is 2. The lowest BCUT2D eigenvalue weighted by molar-refractivity contribution is 0.509. The van der Waals surface area contributed by atoms with E-state index in [0.29, 0.717) is 6.54 Å². The molecule has 0 saturated carbocycles. The average molecular weight is 476 g/mol. The highest BCUT2D eigenvalue weighted by Crippen LogP contribution is 2.09. The maximum absolute atomic E-state index is 12.2.